The van der Waals surface area contributed by atoms with Gasteiger partial charge in [0.25, 0.3) is 0 Å². The normalized spacial score (nSPS) is 11.8. The molecule has 4 rings (SSSR count). The van der Waals surface area contributed by atoms with Crippen LogP contribution in [0.15, 0.2) is 53.1 Å². The van der Waals surface area contributed by atoms with Crippen LogP contribution in [0, 0.1) is 6.92 Å². The molecule has 1 aromatic carbocycles. The van der Waals surface area contributed by atoms with Gasteiger partial charge in [0.15, 0.2) is 0 Å². The second-order valence-electron chi connectivity index (χ2n) is 7.06. The SMILES string of the molecule is Cc1c(C[C@@H](N)C(=O)Nc2cccc(Cl)c2)sc2c(NCc3ccco3)cc(Cl)nc12.Cl. The predicted octanol–water partition coefficient (Wildman–Crippen LogP) is 6.05. The summed E-state index contributed by atoms with van der Waals surface area (Å²) in [6, 6.07) is 11.8. The van der Waals surface area contributed by atoms with Gasteiger partial charge in [-0.1, -0.05) is 29.3 Å². The number of nitrogens with one attached hydrogen (secondary N) is 2. The van der Waals surface area contributed by atoms with Crippen LogP contribution in [0.3, 0.4) is 0 Å². The molecular formula is C22H21Cl3N4O2S. The zero-order chi connectivity index (χ0) is 22.0. The van der Waals surface area contributed by atoms with E-state index in [1.165, 1.54) is 0 Å². The third-order valence-corrected chi connectivity index (χ3v) is 6.57. The number of carbonyl (C=O) groups excluding carboxylic acids is 1. The van der Waals surface area contributed by atoms with Crippen LogP contribution in [0.1, 0.15) is 16.2 Å². The lowest BCUT2D eigenvalue weighted by atomic mass is 10.1. The Hall–Kier alpha value is -2.29. The Morgan fingerprint density at radius 2 is 2.06 bits per heavy atom. The number of rotatable bonds is 7. The minimum absolute atomic E-state index is 0. The van der Waals surface area contributed by atoms with Crippen LogP contribution in [-0.4, -0.2) is 16.9 Å². The van der Waals surface area contributed by atoms with Gasteiger partial charge >= 0.3 is 0 Å². The highest BCUT2D eigenvalue weighted by Crippen LogP contribution is 2.37. The number of aryl methyl sites for hydroxylation is 1. The fourth-order valence-electron chi connectivity index (χ4n) is 3.21. The van der Waals surface area contributed by atoms with Crippen molar-refractivity contribution in [1.29, 1.82) is 0 Å². The van der Waals surface area contributed by atoms with Crippen molar-refractivity contribution >= 4 is 74.4 Å². The van der Waals surface area contributed by atoms with E-state index in [9.17, 15) is 4.79 Å². The number of hydrogen-bond acceptors (Lipinski definition) is 6. The summed E-state index contributed by atoms with van der Waals surface area (Å²) in [7, 11) is 0. The molecule has 6 nitrogen and oxygen atoms in total. The van der Waals surface area contributed by atoms with E-state index in [1.54, 1.807) is 47.9 Å². The number of hydrogen-bond donors (Lipinski definition) is 3. The molecule has 0 spiro atoms. The molecule has 0 radical (unpaired) electrons. The number of anilines is 2. The maximum atomic E-state index is 12.6. The molecule has 1 atom stereocenters. The van der Waals surface area contributed by atoms with E-state index >= 15 is 0 Å². The molecule has 0 aliphatic carbocycles. The standard InChI is InChI=1S/C22H20Cl2N4O2S.ClH/c1-12-18(9-16(25)22(29)27-14-5-2-4-13(23)8-14)31-21-17(10-19(24)28-20(12)21)26-11-15-6-3-7-30-15;/h2-8,10,16H,9,11,25H2,1H3,(H,26,28)(H,27,29);1H/t16-;/m1./s1. The highest BCUT2D eigenvalue weighted by molar-refractivity contribution is 7.19. The number of benzene rings is 1. The van der Waals surface area contributed by atoms with Crippen LogP contribution >= 0.6 is 46.9 Å². The molecule has 0 unspecified atom stereocenters. The molecular weight excluding hydrogens is 491 g/mol. The van der Waals surface area contributed by atoms with Gasteiger partial charge in [0.1, 0.15) is 10.9 Å². The lowest BCUT2D eigenvalue weighted by Gasteiger charge is -2.12. The summed E-state index contributed by atoms with van der Waals surface area (Å²) in [6.07, 6.45) is 2.02. The van der Waals surface area contributed by atoms with Gasteiger partial charge in [-0.3, -0.25) is 4.79 Å². The zero-order valence-electron chi connectivity index (χ0n) is 17.0. The van der Waals surface area contributed by atoms with E-state index < -0.39 is 6.04 Å². The number of thiophene rings is 1. The highest BCUT2D eigenvalue weighted by atomic mass is 35.5. The number of fused-ring (bicyclic) bond motifs is 1. The number of aromatic nitrogens is 1. The van der Waals surface area contributed by atoms with Gasteiger partial charge in [-0.25, -0.2) is 4.98 Å². The Labute approximate surface area is 205 Å². The molecule has 0 bridgehead atoms. The fourth-order valence-corrected chi connectivity index (χ4v) is 4.89. The van der Waals surface area contributed by atoms with Gasteiger partial charge in [0, 0.05) is 28.1 Å². The number of halogens is 3. The van der Waals surface area contributed by atoms with Gasteiger partial charge in [-0.2, -0.15) is 0 Å². The van der Waals surface area contributed by atoms with Crippen LogP contribution < -0.4 is 16.4 Å². The maximum absolute atomic E-state index is 12.6. The van der Waals surface area contributed by atoms with Crippen molar-refractivity contribution in [3.8, 4) is 0 Å². The largest absolute Gasteiger partial charge is 0.467 e. The first-order chi connectivity index (χ1) is 14.9. The van der Waals surface area contributed by atoms with Crippen molar-refractivity contribution < 1.29 is 9.21 Å². The number of carbonyl (C=O) groups is 1. The second-order valence-corrected chi connectivity index (χ2v) is 8.99. The van der Waals surface area contributed by atoms with E-state index in [-0.39, 0.29) is 18.3 Å². The second kappa shape index (κ2) is 10.6. The molecule has 0 aliphatic heterocycles. The van der Waals surface area contributed by atoms with Crippen LogP contribution in [0.5, 0.6) is 0 Å². The number of nitrogens with two attached hydrogens (primary N) is 1. The molecule has 168 valence electrons. The van der Waals surface area contributed by atoms with Crippen LogP contribution in [0.4, 0.5) is 11.4 Å². The summed E-state index contributed by atoms with van der Waals surface area (Å²) in [6.45, 7) is 2.49. The average Bonchev–Trinajstić information content (AvgIpc) is 3.35. The first-order valence-corrected chi connectivity index (χ1v) is 11.1. The van der Waals surface area contributed by atoms with E-state index in [0.717, 1.165) is 32.1 Å². The van der Waals surface area contributed by atoms with Gasteiger partial charge in [0.2, 0.25) is 5.91 Å². The van der Waals surface area contributed by atoms with Crippen LogP contribution in [0.2, 0.25) is 10.2 Å². The number of furan rings is 1. The molecule has 0 saturated carbocycles. The molecule has 3 heterocycles. The Morgan fingerprint density at radius 3 is 2.78 bits per heavy atom. The van der Waals surface area contributed by atoms with Crippen molar-refractivity contribution in [1.82, 2.24) is 4.98 Å². The Bertz CT molecular complexity index is 1230. The van der Waals surface area contributed by atoms with Crippen molar-refractivity contribution in [2.45, 2.75) is 25.9 Å². The summed E-state index contributed by atoms with van der Waals surface area (Å²) < 4.78 is 6.35. The third kappa shape index (κ3) is 5.54. The van der Waals surface area contributed by atoms with E-state index in [1.807, 2.05) is 19.1 Å². The lowest BCUT2D eigenvalue weighted by Crippen LogP contribution is -2.37. The number of amides is 1. The van der Waals surface area contributed by atoms with Gasteiger partial charge in [-0.15, -0.1) is 23.7 Å². The molecule has 0 aliphatic rings. The van der Waals surface area contributed by atoms with Crippen molar-refractivity contribution in [3.63, 3.8) is 0 Å². The summed E-state index contributed by atoms with van der Waals surface area (Å²) in [5, 5.41) is 7.10. The number of pyridine rings is 1. The highest BCUT2D eigenvalue weighted by Gasteiger charge is 2.20. The summed E-state index contributed by atoms with van der Waals surface area (Å²) in [5.74, 6) is 0.538. The summed E-state index contributed by atoms with van der Waals surface area (Å²) in [4.78, 5) is 18.0. The first-order valence-electron chi connectivity index (χ1n) is 9.57. The molecule has 3 aromatic heterocycles. The van der Waals surface area contributed by atoms with E-state index in [4.69, 9.17) is 33.4 Å². The summed E-state index contributed by atoms with van der Waals surface area (Å²) in [5.41, 5.74) is 9.45. The van der Waals surface area contributed by atoms with E-state index in [2.05, 4.69) is 15.6 Å². The van der Waals surface area contributed by atoms with Crippen molar-refractivity contribution in [2.75, 3.05) is 10.6 Å². The molecule has 10 heteroatoms. The fraction of sp³-hybridized carbons (Fsp3) is 0.182. The van der Waals surface area contributed by atoms with Crippen molar-refractivity contribution in [2.24, 2.45) is 5.73 Å². The zero-order valence-corrected chi connectivity index (χ0v) is 20.2. The quantitative estimate of drug-likeness (QED) is 0.263. The topological polar surface area (TPSA) is 93.2 Å². The van der Waals surface area contributed by atoms with Gasteiger partial charge < -0.3 is 20.8 Å². The Kier molecular flexibility index (Phi) is 8.03. The molecule has 0 saturated heterocycles. The molecule has 0 fully saturated rings. The lowest BCUT2D eigenvalue weighted by molar-refractivity contribution is -0.117. The molecule has 32 heavy (non-hydrogen) atoms. The third-order valence-electron chi connectivity index (χ3n) is 4.81. The van der Waals surface area contributed by atoms with Crippen LogP contribution in [0.25, 0.3) is 10.2 Å². The minimum Gasteiger partial charge on any atom is -0.467 e. The average molecular weight is 512 g/mol. The van der Waals surface area contributed by atoms with Crippen molar-refractivity contribution in [3.05, 3.63) is 75.1 Å². The van der Waals surface area contributed by atoms with E-state index in [0.29, 0.717) is 28.8 Å². The van der Waals surface area contributed by atoms with Gasteiger partial charge in [0.05, 0.1) is 34.8 Å². The molecule has 4 aromatic rings. The monoisotopic (exact) mass is 510 g/mol. The van der Waals surface area contributed by atoms with Gasteiger partial charge in [-0.05, 0) is 42.8 Å². The summed E-state index contributed by atoms with van der Waals surface area (Å²) >= 11 is 13.8. The minimum atomic E-state index is -0.722. The first kappa shape index (κ1) is 24.4. The predicted molar refractivity (Wildman–Crippen MR) is 134 cm³/mol. The van der Waals surface area contributed by atoms with Crippen LogP contribution in [-0.2, 0) is 17.8 Å². The Morgan fingerprint density at radius 1 is 1.25 bits per heavy atom. The maximum Gasteiger partial charge on any atom is 0.241 e. The number of nitrogens with zero attached hydrogens (tertiary/aromatic N) is 1. The smallest absolute Gasteiger partial charge is 0.241 e. The Balaban J connectivity index is 0.00000289. The molecule has 4 N–H and O–H groups in total. The molecule has 1 amide bonds.